The van der Waals surface area contributed by atoms with Crippen LogP contribution >= 0.6 is 0 Å². The van der Waals surface area contributed by atoms with Gasteiger partial charge < -0.3 is 5.11 Å². The average molecular weight is 243 g/mol. The lowest BCUT2D eigenvalue weighted by Crippen LogP contribution is -2.40. The Balaban J connectivity index is 2.15. The Labute approximate surface area is 110 Å². The lowest BCUT2D eigenvalue weighted by molar-refractivity contribution is 0.201. The van der Waals surface area contributed by atoms with E-state index in [-0.39, 0.29) is 0 Å². The molecule has 1 aliphatic rings. The van der Waals surface area contributed by atoms with Crippen LogP contribution in [0.4, 0.5) is 0 Å². The molecule has 1 aromatic carbocycles. The van der Waals surface area contributed by atoms with Gasteiger partial charge in [0, 0.05) is 6.04 Å². The number of nitrogens with zero attached hydrogens (tertiary/aromatic N) is 1. The zero-order valence-corrected chi connectivity index (χ0v) is 11.0. The second kappa shape index (κ2) is 5.93. The highest BCUT2D eigenvalue weighted by atomic mass is 16.3. The summed E-state index contributed by atoms with van der Waals surface area (Å²) < 4.78 is 0. The Morgan fingerprint density at radius 2 is 2.33 bits per heavy atom. The first-order valence-electron chi connectivity index (χ1n) is 6.73. The molecular weight excluding hydrogens is 222 g/mol. The van der Waals surface area contributed by atoms with Crippen LogP contribution in [0.5, 0.6) is 5.75 Å². The second-order valence-electron chi connectivity index (χ2n) is 4.99. The fourth-order valence-corrected chi connectivity index (χ4v) is 2.86. The van der Waals surface area contributed by atoms with Crippen molar-refractivity contribution >= 4 is 0 Å². The number of benzene rings is 1. The Bertz CT molecular complexity index is 447. The Morgan fingerprint density at radius 1 is 1.50 bits per heavy atom. The lowest BCUT2D eigenvalue weighted by Gasteiger charge is -2.34. The summed E-state index contributed by atoms with van der Waals surface area (Å²) in [4.78, 5) is 2.37. The van der Waals surface area contributed by atoms with E-state index < -0.39 is 0 Å². The van der Waals surface area contributed by atoms with E-state index in [4.69, 9.17) is 6.42 Å². The third-order valence-corrected chi connectivity index (χ3v) is 3.76. The van der Waals surface area contributed by atoms with Gasteiger partial charge in [0.1, 0.15) is 5.75 Å². The monoisotopic (exact) mass is 243 g/mol. The van der Waals surface area contributed by atoms with Gasteiger partial charge in [-0.1, -0.05) is 25.0 Å². The average Bonchev–Trinajstić information content (AvgIpc) is 2.39. The van der Waals surface area contributed by atoms with Crippen molar-refractivity contribution in [3.05, 3.63) is 29.3 Å². The molecule has 1 unspecified atom stereocenters. The molecule has 0 amide bonds. The maximum Gasteiger partial charge on any atom is 0.119 e. The molecule has 2 rings (SSSR count). The van der Waals surface area contributed by atoms with Crippen molar-refractivity contribution in [2.45, 2.75) is 38.6 Å². The SMILES string of the molecule is C#CCN(CCC)C1CCc2cccc(O)c2C1. The van der Waals surface area contributed by atoms with Crippen molar-refractivity contribution in [2.24, 2.45) is 0 Å². The summed E-state index contributed by atoms with van der Waals surface area (Å²) in [5.74, 6) is 3.19. The van der Waals surface area contributed by atoms with Gasteiger partial charge in [0.25, 0.3) is 0 Å². The van der Waals surface area contributed by atoms with Gasteiger partial charge in [0.15, 0.2) is 0 Å². The molecule has 0 aromatic heterocycles. The molecule has 2 heteroatoms. The summed E-state index contributed by atoms with van der Waals surface area (Å²) >= 11 is 0. The van der Waals surface area contributed by atoms with E-state index in [1.54, 1.807) is 6.07 Å². The van der Waals surface area contributed by atoms with Gasteiger partial charge in [0.05, 0.1) is 6.54 Å². The summed E-state index contributed by atoms with van der Waals surface area (Å²) in [5.41, 5.74) is 2.41. The smallest absolute Gasteiger partial charge is 0.119 e. The molecule has 1 aromatic rings. The molecule has 1 aliphatic carbocycles. The molecule has 0 spiro atoms. The van der Waals surface area contributed by atoms with Crippen LogP contribution in [-0.4, -0.2) is 29.1 Å². The largest absolute Gasteiger partial charge is 0.508 e. The minimum atomic E-state index is 0.439. The predicted octanol–water partition coefficient (Wildman–Crippen LogP) is 2.59. The van der Waals surface area contributed by atoms with Gasteiger partial charge in [0.2, 0.25) is 0 Å². The fourth-order valence-electron chi connectivity index (χ4n) is 2.86. The van der Waals surface area contributed by atoms with Crippen molar-refractivity contribution < 1.29 is 5.11 Å². The van der Waals surface area contributed by atoms with Gasteiger partial charge in [-0.15, -0.1) is 6.42 Å². The predicted molar refractivity (Wildman–Crippen MR) is 74.6 cm³/mol. The number of aryl methyl sites for hydroxylation is 1. The van der Waals surface area contributed by atoms with Crippen LogP contribution in [0.3, 0.4) is 0 Å². The van der Waals surface area contributed by atoms with Crippen molar-refractivity contribution in [2.75, 3.05) is 13.1 Å². The lowest BCUT2D eigenvalue weighted by atomic mass is 9.87. The Kier molecular flexibility index (Phi) is 4.28. The van der Waals surface area contributed by atoms with Crippen LogP contribution in [0.25, 0.3) is 0 Å². The maximum absolute atomic E-state index is 9.96. The number of phenolic OH excluding ortho intramolecular Hbond substituents is 1. The van der Waals surface area contributed by atoms with E-state index >= 15 is 0 Å². The van der Waals surface area contributed by atoms with Crippen LogP contribution in [0.2, 0.25) is 0 Å². The van der Waals surface area contributed by atoms with Crippen LogP contribution in [-0.2, 0) is 12.8 Å². The number of terminal acetylenes is 1. The van der Waals surface area contributed by atoms with Crippen molar-refractivity contribution in [3.63, 3.8) is 0 Å². The van der Waals surface area contributed by atoms with Gasteiger partial charge in [-0.2, -0.15) is 0 Å². The van der Waals surface area contributed by atoms with E-state index in [2.05, 4.69) is 23.8 Å². The summed E-state index contributed by atoms with van der Waals surface area (Å²) in [7, 11) is 0. The number of fused-ring (bicyclic) bond motifs is 1. The molecule has 0 fully saturated rings. The molecule has 0 bridgehead atoms. The molecule has 96 valence electrons. The molecule has 1 atom stereocenters. The minimum Gasteiger partial charge on any atom is -0.508 e. The molecule has 18 heavy (non-hydrogen) atoms. The van der Waals surface area contributed by atoms with E-state index in [9.17, 15) is 5.11 Å². The first-order chi connectivity index (χ1) is 8.76. The first-order valence-corrected chi connectivity index (χ1v) is 6.73. The number of aromatic hydroxyl groups is 1. The number of phenols is 1. The van der Waals surface area contributed by atoms with Crippen molar-refractivity contribution in [3.8, 4) is 18.1 Å². The van der Waals surface area contributed by atoms with E-state index in [0.29, 0.717) is 18.3 Å². The van der Waals surface area contributed by atoms with Gasteiger partial charge in [-0.05, 0) is 49.4 Å². The van der Waals surface area contributed by atoms with Gasteiger partial charge >= 0.3 is 0 Å². The first kappa shape index (κ1) is 13.0. The Morgan fingerprint density at radius 3 is 3.06 bits per heavy atom. The van der Waals surface area contributed by atoms with E-state index in [0.717, 1.165) is 37.8 Å². The maximum atomic E-state index is 9.96. The number of hydrogen-bond donors (Lipinski definition) is 1. The third-order valence-electron chi connectivity index (χ3n) is 3.76. The molecule has 0 saturated carbocycles. The summed E-state index contributed by atoms with van der Waals surface area (Å²) in [6.07, 6.45) is 9.66. The third kappa shape index (κ3) is 2.68. The van der Waals surface area contributed by atoms with Crippen LogP contribution < -0.4 is 0 Å². The normalized spacial score (nSPS) is 18.4. The standard InChI is InChI=1S/C16H21NO/c1-3-10-17(11-4-2)14-9-8-13-6-5-7-16(18)15(13)12-14/h1,5-7,14,18H,4,8-12H2,2H3. The number of hydrogen-bond acceptors (Lipinski definition) is 2. The molecular formula is C16H21NO. The van der Waals surface area contributed by atoms with Crippen molar-refractivity contribution in [1.29, 1.82) is 0 Å². The number of rotatable bonds is 4. The molecule has 0 aliphatic heterocycles. The van der Waals surface area contributed by atoms with Crippen LogP contribution in [0.1, 0.15) is 30.9 Å². The Hall–Kier alpha value is -1.46. The highest BCUT2D eigenvalue weighted by Gasteiger charge is 2.24. The highest BCUT2D eigenvalue weighted by Crippen LogP contribution is 2.30. The quantitative estimate of drug-likeness (QED) is 0.822. The second-order valence-corrected chi connectivity index (χ2v) is 4.99. The molecule has 2 nitrogen and oxygen atoms in total. The van der Waals surface area contributed by atoms with Gasteiger partial charge in [-0.3, -0.25) is 4.90 Å². The minimum absolute atomic E-state index is 0.439. The molecule has 0 radical (unpaired) electrons. The molecule has 0 saturated heterocycles. The van der Waals surface area contributed by atoms with E-state index in [1.807, 2.05) is 6.07 Å². The van der Waals surface area contributed by atoms with Gasteiger partial charge in [-0.25, -0.2) is 0 Å². The zero-order chi connectivity index (χ0) is 13.0. The fraction of sp³-hybridized carbons (Fsp3) is 0.500. The summed E-state index contributed by atoms with van der Waals surface area (Å²) in [6.45, 7) is 3.93. The van der Waals surface area contributed by atoms with E-state index in [1.165, 1.54) is 5.56 Å². The zero-order valence-electron chi connectivity index (χ0n) is 11.0. The van der Waals surface area contributed by atoms with Crippen LogP contribution in [0, 0.1) is 12.3 Å². The summed E-state index contributed by atoms with van der Waals surface area (Å²) in [6, 6.07) is 6.31. The highest BCUT2D eigenvalue weighted by molar-refractivity contribution is 5.41. The van der Waals surface area contributed by atoms with Crippen LogP contribution in [0.15, 0.2) is 18.2 Å². The molecule has 1 N–H and O–H groups in total. The summed E-state index contributed by atoms with van der Waals surface area (Å²) in [5, 5.41) is 9.96. The topological polar surface area (TPSA) is 23.5 Å². The van der Waals surface area contributed by atoms with Crippen molar-refractivity contribution in [1.82, 2.24) is 4.90 Å². The molecule has 0 heterocycles.